The first-order chi connectivity index (χ1) is 12.5. The second-order valence-corrected chi connectivity index (χ2v) is 6.45. The number of halogens is 1. The highest BCUT2D eigenvalue weighted by Crippen LogP contribution is 2.27. The largest absolute Gasteiger partial charge is 0.359 e. The average Bonchev–Trinajstić information content (AvgIpc) is 2.99. The summed E-state index contributed by atoms with van der Waals surface area (Å²) in [6, 6.07) is 14.9. The van der Waals surface area contributed by atoms with Gasteiger partial charge in [0.25, 0.3) is 5.91 Å². The van der Waals surface area contributed by atoms with Crippen LogP contribution in [0.15, 0.2) is 48.5 Å². The molecule has 134 valence electrons. The maximum Gasteiger partial charge on any atom is 0.272 e. The number of aromatic nitrogens is 1. The van der Waals surface area contributed by atoms with E-state index in [-0.39, 0.29) is 11.8 Å². The number of aryl methyl sites for hydroxylation is 2. The number of nitrogens with one attached hydrogen (secondary N) is 2. The zero-order valence-corrected chi connectivity index (χ0v) is 15.4. The van der Waals surface area contributed by atoms with Crippen LogP contribution in [-0.2, 0) is 18.3 Å². The average molecular weight is 370 g/mol. The predicted molar refractivity (Wildman–Crippen MR) is 105 cm³/mol. The zero-order chi connectivity index (χ0) is 18.7. The Labute approximate surface area is 157 Å². The molecule has 1 aromatic heterocycles. The lowest BCUT2D eigenvalue weighted by Crippen LogP contribution is -2.19. The number of carbonyl (C=O) groups is 2. The number of anilines is 1. The molecule has 0 atom stereocenters. The van der Waals surface area contributed by atoms with E-state index in [1.54, 1.807) is 19.2 Å². The molecule has 2 amide bonds. The molecule has 2 N–H and O–H groups in total. The fourth-order valence-corrected chi connectivity index (χ4v) is 3.19. The van der Waals surface area contributed by atoms with Gasteiger partial charge in [0.1, 0.15) is 5.69 Å². The third-order valence-electron chi connectivity index (χ3n) is 4.43. The molecule has 0 bridgehead atoms. The fourth-order valence-electron chi connectivity index (χ4n) is 2.96. The van der Waals surface area contributed by atoms with Gasteiger partial charge in [0, 0.05) is 42.1 Å². The summed E-state index contributed by atoms with van der Waals surface area (Å²) < 4.78 is 1.82. The van der Waals surface area contributed by atoms with Crippen molar-refractivity contribution in [2.24, 2.45) is 7.05 Å². The van der Waals surface area contributed by atoms with E-state index >= 15 is 0 Å². The van der Waals surface area contributed by atoms with Crippen LogP contribution in [0.5, 0.6) is 0 Å². The van der Waals surface area contributed by atoms with Crippen molar-refractivity contribution >= 4 is 40.0 Å². The number of para-hydroxylation sites is 1. The number of rotatable bonds is 5. The second-order valence-electron chi connectivity index (χ2n) is 6.05. The topological polar surface area (TPSA) is 63.1 Å². The molecule has 2 aromatic carbocycles. The van der Waals surface area contributed by atoms with Crippen molar-refractivity contribution in [3.05, 3.63) is 64.8 Å². The lowest BCUT2D eigenvalue weighted by atomic mass is 10.1. The molecule has 0 unspecified atom stereocenters. The summed E-state index contributed by atoms with van der Waals surface area (Å²) in [4.78, 5) is 24.3. The van der Waals surface area contributed by atoms with E-state index in [0.29, 0.717) is 29.2 Å². The van der Waals surface area contributed by atoms with Gasteiger partial charge < -0.3 is 15.2 Å². The van der Waals surface area contributed by atoms with Gasteiger partial charge in [-0.05, 0) is 36.2 Å². The Morgan fingerprint density at radius 1 is 1.12 bits per heavy atom. The van der Waals surface area contributed by atoms with Crippen molar-refractivity contribution in [3.8, 4) is 0 Å². The molecule has 0 saturated heterocycles. The minimum atomic E-state index is -0.216. The lowest BCUT2D eigenvalue weighted by molar-refractivity contribution is -0.120. The number of hydrogen-bond acceptors (Lipinski definition) is 2. The van der Waals surface area contributed by atoms with E-state index in [0.717, 1.165) is 16.5 Å². The molecule has 0 fully saturated rings. The van der Waals surface area contributed by atoms with Gasteiger partial charge in [-0.3, -0.25) is 9.59 Å². The summed E-state index contributed by atoms with van der Waals surface area (Å²) in [6.07, 6.45) is 0.921. The molecule has 0 aliphatic rings. The van der Waals surface area contributed by atoms with Crippen LogP contribution in [0.25, 0.3) is 10.9 Å². The Kier molecular flexibility index (Phi) is 5.28. The zero-order valence-electron chi connectivity index (χ0n) is 14.7. The third kappa shape index (κ3) is 3.58. The summed E-state index contributed by atoms with van der Waals surface area (Å²) in [5, 5.41) is 7.02. The first-order valence-electron chi connectivity index (χ1n) is 8.35. The highest BCUT2D eigenvalue weighted by atomic mass is 35.5. The predicted octanol–water partition coefficient (Wildman–Crippen LogP) is 3.76. The number of benzene rings is 2. The number of fused-ring (bicyclic) bond motifs is 1. The van der Waals surface area contributed by atoms with Crippen LogP contribution < -0.4 is 10.6 Å². The van der Waals surface area contributed by atoms with E-state index < -0.39 is 0 Å². The van der Waals surface area contributed by atoms with Crippen LogP contribution >= 0.6 is 11.6 Å². The fraction of sp³-hybridized carbons (Fsp3) is 0.200. The SMILES string of the molecule is CNC(=O)CCc1ccccc1NC(=O)c1cc2c(Cl)cccc2n1C. The highest BCUT2D eigenvalue weighted by Gasteiger charge is 2.16. The van der Waals surface area contributed by atoms with Gasteiger partial charge in [-0.2, -0.15) is 0 Å². The number of carbonyl (C=O) groups excluding carboxylic acids is 2. The monoisotopic (exact) mass is 369 g/mol. The van der Waals surface area contributed by atoms with E-state index in [2.05, 4.69) is 10.6 Å². The van der Waals surface area contributed by atoms with Crippen molar-refractivity contribution in [2.75, 3.05) is 12.4 Å². The molecule has 1 heterocycles. The van der Waals surface area contributed by atoms with Crippen LogP contribution in [0.4, 0.5) is 5.69 Å². The maximum absolute atomic E-state index is 12.8. The highest BCUT2D eigenvalue weighted by molar-refractivity contribution is 6.35. The van der Waals surface area contributed by atoms with Crippen molar-refractivity contribution < 1.29 is 9.59 Å². The van der Waals surface area contributed by atoms with Crippen LogP contribution in [0.3, 0.4) is 0 Å². The number of hydrogen-bond donors (Lipinski definition) is 2. The molecule has 0 spiro atoms. The molecule has 3 rings (SSSR count). The van der Waals surface area contributed by atoms with Crippen LogP contribution in [0.1, 0.15) is 22.5 Å². The first kappa shape index (κ1) is 18.0. The molecule has 0 aliphatic heterocycles. The van der Waals surface area contributed by atoms with Crippen molar-refractivity contribution in [3.63, 3.8) is 0 Å². The van der Waals surface area contributed by atoms with Gasteiger partial charge in [0.15, 0.2) is 0 Å². The van der Waals surface area contributed by atoms with E-state index in [1.165, 1.54) is 0 Å². The summed E-state index contributed by atoms with van der Waals surface area (Å²) >= 11 is 6.23. The standard InChI is InChI=1S/C20H20ClN3O2/c1-22-19(25)11-10-13-6-3-4-8-16(13)23-20(26)18-12-14-15(21)7-5-9-17(14)24(18)2/h3-9,12H,10-11H2,1-2H3,(H,22,25)(H,23,26). The molecule has 0 aliphatic carbocycles. The summed E-state index contributed by atoms with van der Waals surface area (Å²) in [5.74, 6) is -0.249. The Morgan fingerprint density at radius 2 is 1.88 bits per heavy atom. The molecule has 6 heteroatoms. The molecule has 5 nitrogen and oxygen atoms in total. The molecular weight excluding hydrogens is 350 g/mol. The van der Waals surface area contributed by atoms with Gasteiger partial charge in [-0.15, -0.1) is 0 Å². The number of amides is 2. The van der Waals surface area contributed by atoms with Crippen LogP contribution in [0.2, 0.25) is 5.02 Å². The minimum absolute atomic E-state index is 0.0329. The summed E-state index contributed by atoms with van der Waals surface area (Å²) in [5.41, 5.74) is 3.05. The third-order valence-corrected chi connectivity index (χ3v) is 4.76. The van der Waals surface area contributed by atoms with Crippen molar-refractivity contribution in [1.29, 1.82) is 0 Å². The molecule has 26 heavy (non-hydrogen) atoms. The minimum Gasteiger partial charge on any atom is -0.359 e. The Balaban J connectivity index is 1.86. The Morgan fingerprint density at radius 3 is 2.62 bits per heavy atom. The first-order valence-corrected chi connectivity index (χ1v) is 8.73. The van der Waals surface area contributed by atoms with E-state index in [4.69, 9.17) is 11.6 Å². The Hall–Kier alpha value is -2.79. The molecule has 0 radical (unpaired) electrons. The second kappa shape index (κ2) is 7.62. The van der Waals surface area contributed by atoms with Crippen LogP contribution in [0, 0.1) is 0 Å². The van der Waals surface area contributed by atoms with Crippen LogP contribution in [-0.4, -0.2) is 23.4 Å². The van der Waals surface area contributed by atoms with Gasteiger partial charge in [-0.1, -0.05) is 35.9 Å². The van der Waals surface area contributed by atoms with E-state index in [9.17, 15) is 9.59 Å². The molecule has 3 aromatic rings. The maximum atomic E-state index is 12.8. The summed E-state index contributed by atoms with van der Waals surface area (Å²) in [7, 11) is 3.45. The Bertz CT molecular complexity index is 978. The van der Waals surface area contributed by atoms with Gasteiger partial charge in [0.05, 0.1) is 0 Å². The van der Waals surface area contributed by atoms with Crippen molar-refractivity contribution in [1.82, 2.24) is 9.88 Å². The van der Waals surface area contributed by atoms with Gasteiger partial charge >= 0.3 is 0 Å². The van der Waals surface area contributed by atoms with Gasteiger partial charge in [0.2, 0.25) is 5.91 Å². The smallest absolute Gasteiger partial charge is 0.272 e. The van der Waals surface area contributed by atoms with Crippen molar-refractivity contribution in [2.45, 2.75) is 12.8 Å². The number of nitrogens with zero attached hydrogens (tertiary/aromatic N) is 1. The van der Waals surface area contributed by atoms with Gasteiger partial charge in [-0.25, -0.2) is 0 Å². The van der Waals surface area contributed by atoms with E-state index in [1.807, 2.05) is 48.0 Å². The molecular formula is C20H20ClN3O2. The quantitative estimate of drug-likeness (QED) is 0.719. The summed E-state index contributed by atoms with van der Waals surface area (Å²) in [6.45, 7) is 0. The normalized spacial score (nSPS) is 10.7. The molecule has 0 saturated carbocycles. The lowest BCUT2D eigenvalue weighted by Gasteiger charge is -2.11.